The Balaban J connectivity index is 1.92. The summed E-state index contributed by atoms with van der Waals surface area (Å²) in [5.41, 5.74) is 0.758. The molecule has 2 aromatic heterocycles. The van der Waals surface area contributed by atoms with Crippen LogP contribution in [-0.2, 0) is 4.79 Å². The van der Waals surface area contributed by atoms with E-state index in [2.05, 4.69) is 15.0 Å². The van der Waals surface area contributed by atoms with Gasteiger partial charge in [-0.05, 0) is 49.0 Å². The minimum absolute atomic E-state index is 0.0483. The van der Waals surface area contributed by atoms with Crippen LogP contribution in [-0.4, -0.2) is 32.5 Å². The molecule has 0 bridgehead atoms. The van der Waals surface area contributed by atoms with Crippen molar-refractivity contribution in [2.24, 2.45) is 4.99 Å². The van der Waals surface area contributed by atoms with Gasteiger partial charge >= 0.3 is 0 Å². The third-order valence-electron chi connectivity index (χ3n) is 3.03. The zero-order valence-corrected chi connectivity index (χ0v) is 12.8. The summed E-state index contributed by atoms with van der Waals surface area (Å²) >= 11 is 1.35. The number of carbonyl (C=O) groups excluding carboxylic acids is 1. The molecular formula is C16H14N4OS. The summed E-state index contributed by atoms with van der Waals surface area (Å²) < 4.78 is 0. The fourth-order valence-electron chi connectivity index (χ4n) is 1.98. The maximum Gasteiger partial charge on any atom is 0.266 e. The van der Waals surface area contributed by atoms with Crippen molar-refractivity contribution in [3.05, 3.63) is 59.4 Å². The van der Waals surface area contributed by atoms with Crippen molar-refractivity contribution in [2.45, 2.75) is 6.92 Å². The first-order valence-electron chi connectivity index (χ1n) is 6.90. The van der Waals surface area contributed by atoms with Gasteiger partial charge in [-0.25, -0.2) is 9.98 Å². The van der Waals surface area contributed by atoms with Crippen LogP contribution in [0.15, 0.2) is 58.7 Å². The zero-order valence-electron chi connectivity index (χ0n) is 12.0. The lowest BCUT2D eigenvalue weighted by Gasteiger charge is -2.11. The Morgan fingerprint density at radius 3 is 2.59 bits per heavy atom. The molecule has 0 saturated carbocycles. The number of pyridine rings is 2. The Hall–Kier alpha value is -2.47. The molecule has 1 amide bonds. The van der Waals surface area contributed by atoms with Crippen LogP contribution in [0, 0.1) is 0 Å². The highest BCUT2D eigenvalue weighted by Gasteiger charge is 2.32. The summed E-state index contributed by atoms with van der Waals surface area (Å²) in [5, 5.41) is 0.647. The number of carbonyl (C=O) groups is 1. The van der Waals surface area contributed by atoms with Gasteiger partial charge in [-0.15, -0.1) is 0 Å². The van der Waals surface area contributed by atoms with Crippen LogP contribution in [0.4, 0.5) is 5.82 Å². The average Bonchev–Trinajstić information content (AvgIpc) is 2.84. The fourth-order valence-corrected chi connectivity index (χ4v) is 3.02. The molecule has 1 aliphatic rings. The molecule has 2 aromatic rings. The molecular weight excluding hydrogens is 296 g/mol. The number of rotatable bonds is 3. The molecule has 0 atom stereocenters. The Morgan fingerprint density at radius 1 is 1.18 bits per heavy atom. The van der Waals surface area contributed by atoms with E-state index in [1.165, 1.54) is 11.8 Å². The summed E-state index contributed by atoms with van der Waals surface area (Å²) in [7, 11) is 0. The molecule has 0 radical (unpaired) electrons. The van der Waals surface area contributed by atoms with E-state index in [1.54, 1.807) is 23.4 Å². The third-order valence-corrected chi connectivity index (χ3v) is 4.04. The summed E-state index contributed by atoms with van der Waals surface area (Å²) in [5.74, 6) is 0.545. The normalized spacial score (nSPS) is 18.4. The predicted octanol–water partition coefficient (Wildman–Crippen LogP) is 3.10. The number of aromatic nitrogens is 2. The first-order valence-corrected chi connectivity index (χ1v) is 7.71. The van der Waals surface area contributed by atoms with Crippen molar-refractivity contribution in [2.75, 3.05) is 6.54 Å². The second-order valence-corrected chi connectivity index (χ2v) is 5.51. The van der Waals surface area contributed by atoms with Crippen LogP contribution in [0.5, 0.6) is 0 Å². The fraction of sp³-hybridized carbons (Fsp3) is 0.125. The minimum atomic E-state index is -0.0483. The van der Waals surface area contributed by atoms with Crippen molar-refractivity contribution in [3.8, 4) is 0 Å². The van der Waals surface area contributed by atoms with Crippen LogP contribution in [0.25, 0.3) is 6.08 Å². The molecule has 3 rings (SSSR count). The molecule has 110 valence electrons. The van der Waals surface area contributed by atoms with E-state index in [1.807, 2.05) is 43.3 Å². The second-order valence-electron chi connectivity index (χ2n) is 4.50. The van der Waals surface area contributed by atoms with E-state index in [0.717, 1.165) is 5.69 Å². The smallest absolute Gasteiger partial charge is 0.266 e. The number of hydrogen-bond donors (Lipinski definition) is 0. The summed E-state index contributed by atoms with van der Waals surface area (Å²) in [6.45, 7) is 2.49. The van der Waals surface area contributed by atoms with E-state index in [-0.39, 0.29) is 5.91 Å². The summed E-state index contributed by atoms with van der Waals surface area (Å²) in [6.07, 6.45) is 5.18. The summed E-state index contributed by atoms with van der Waals surface area (Å²) in [4.78, 5) is 27.6. The lowest BCUT2D eigenvalue weighted by molar-refractivity contribution is -0.122. The van der Waals surface area contributed by atoms with Crippen molar-refractivity contribution in [1.29, 1.82) is 0 Å². The molecule has 0 N–H and O–H groups in total. The number of amides is 1. The van der Waals surface area contributed by atoms with E-state index in [0.29, 0.717) is 22.4 Å². The standard InChI is InChI=1S/C16H14N4OS/c1-2-20-15(21)13(11-12-7-3-5-9-17-12)22-16(20)19-14-8-4-6-10-18-14/h3-11H,2H2,1H3/b13-11-,19-16+. The predicted molar refractivity (Wildman–Crippen MR) is 88.5 cm³/mol. The highest BCUT2D eigenvalue weighted by atomic mass is 32.2. The Kier molecular flexibility index (Phi) is 4.29. The molecule has 0 spiro atoms. The number of amidine groups is 1. The van der Waals surface area contributed by atoms with Gasteiger partial charge in [0.1, 0.15) is 0 Å². The Morgan fingerprint density at radius 2 is 1.95 bits per heavy atom. The molecule has 0 unspecified atom stereocenters. The largest absolute Gasteiger partial charge is 0.287 e. The number of nitrogens with zero attached hydrogens (tertiary/aromatic N) is 4. The van der Waals surface area contributed by atoms with E-state index >= 15 is 0 Å². The highest BCUT2D eigenvalue weighted by molar-refractivity contribution is 8.18. The van der Waals surface area contributed by atoms with Gasteiger partial charge in [0.25, 0.3) is 5.91 Å². The van der Waals surface area contributed by atoms with Crippen molar-refractivity contribution in [1.82, 2.24) is 14.9 Å². The van der Waals surface area contributed by atoms with Gasteiger partial charge in [0.2, 0.25) is 0 Å². The molecule has 6 heteroatoms. The monoisotopic (exact) mass is 310 g/mol. The molecule has 3 heterocycles. The van der Waals surface area contributed by atoms with E-state index < -0.39 is 0 Å². The van der Waals surface area contributed by atoms with Crippen LogP contribution >= 0.6 is 11.8 Å². The van der Waals surface area contributed by atoms with E-state index in [4.69, 9.17) is 0 Å². The minimum Gasteiger partial charge on any atom is -0.287 e. The summed E-state index contributed by atoms with van der Waals surface area (Å²) in [6, 6.07) is 11.1. The zero-order chi connectivity index (χ0) is 15.4. The van der Waals surface area contributed by atoms with Gasteiger partial charge in [-0.1, -0.05) is 12.1 Å². The van der Waals surface area contributed by atoms with Crippen LogP contribution in [0.1, 0.15) is 12.6 Å². The van der Waals surface area contributed by atoms with Crippen LogP contribution < -0.4 is 0 Å². The Labute approximate surface area is 132 Å². The topological polar surface area (TPSA) is 58.5 Å². The second kappa shape index (κ2) is 6.53. The number of likely N-dealkylation sites (N-methyl/N-ethyl adjacent to an activating group) is 1. The maximum absolute atomic E-state index is 12.4. The highest BCUT2D eigenvalue weighted by Crippen LogP contribution is 2.33. The first kappa shape index (κ1) is 14.5. The van der Waals surface area contributed by atoms with E-state index in [9.17, 15) is 4.79 Å². The van der Waals surface area contributed by atoms with Gasteiger partial charge in [0, 0.05) is 18.9 Å². The lowest BCUT2D eigenvalue weighted by atomic mass is 10.3. The Bertz CT molecular complexity index is 728. The van der Waals surface area contributed by atoms with Gasteiger partial charge in [-0.3, -0.25) is 14.7 Å². The molecule has 1 aliphatic heterocycles. The SMILES string of the molecule is CCN1C(=O)/C(=C/c2ccccn2)S/C1=N/c1ccccn1. The molecule has 0 aliphatic carbocycles. The molecule has 22 heavy (non-hydrogen) atoms. The van der Waals surface area contributed by atoms with Gasteiger partial charge in [0.15, 0.2) is 11.0 Å². The maximum atomic E-state index is 12.4. The lowest BCUT2D eigenvalue weighted by Crippen LogP contribution is -2.28. The van der Waals surface area contributed by atoms with Crippen LogP contribution in [0.3, 0.4) is 0 Å². The quantitative estimate of drug-likeness (QED) is 0.817. The first-order chi connectivity index (χ1) is 10.8. The molecule has 1 saturated heterocycles. The molecule has 1 fully saturated rings. The number of thioether (sulfide) groups is 1. The van der Waals surface area contributed by atoms with Crippen molar-refractivity contribution >= 4 is 34.7 Å². The third kappa shape index (κ3) is 3.07. The molecule has 0 aromatic carbocycles. The number of aliphatic imine (C=N–C) groups is 1. The average molecular weight is 310 g/mol. The van der Waals surface area contributed by atoms with Crippen LogP contribution in [0.2, 0.25) is 0 Å². The molecule has 5 nitrogen and oxygen atoms in total. The van der Waals surface area contributed by atoms with Crippen molar-refractivity contribution < 1.29 is 4.79 Å². The van der Waals surface area contributed by atoms with Gasteiger partial charge in [-0.2, -0.15) is 0 Å². The van der Waals surface area contributed by atoms with Gasteiger partial charge in [0.05, 0.1) is 10.6 Å². The van der Waals surface area contributed by atoms with Crippen molar-refractivity contribution in [3.63, 3.8) is 0 Å². The number of hydrogen-bond acceptors (Lipinski definition) is 5. The van der Waals surface area contributed by atoms with Gasteiger partial charge < -0.3 is 0 Å².